The molecule has 8 heteroatoms. The highest BCUT2D eigenvalue weighted by molar-refractivity contribution is 6.06. The van der Waals surface area contributed by atoms with E-state index in [0.29, 0.717) is 17.2 Å². The molecular weight excluding hydrogens is 270 g/mol. The molecule has 1 amide bonds. The lowest BCUT2D eigenvalue weighted by Gasteiger charge is -2.10. The molecule has 0 spiro atoms. The molecule has 2 aromatic heterocycles. The molecule has 4 N–H and O–H groups in total. The third-order valence-electron chi connectivity index (χ3n) is 2.91. The van der Waals surface area contributed by atoms with E-state index in [1.807, 2.05) is 20.8 Å². The zero-order valence-electron chi connectivity index (χ0n) is 12.3. The van der Waals surface area contributed by atoms with Crippen molar-refractivity contribution in [3.05, 3.63) is 30.1 Å². The average molecular weight is 289 g/mol. The summed E-state index contributed by atoms with van der Waals surface area (Å²) in [6.07, 6.45) is 4.84. The van der Waals surface area contributed by atoms with Gasteiger partial charge in [-0.1, -0.05) is 13.8 Å². The molecule has 0 bridgehead atoms. The maximum atomic E-state index is 12.3. The Bertz CT molecular complexity index is 635. The van der Waals surface area contributed by atoms with Crippen LogP contribution in [0.4, 0.5) is 11.4 Å². The van der Waals surface area contributed by atoms with Gasteiger partial charge in [0.05, 0.1) is 23.8 Å². The van der Waals surface area contributed by atoms with Crippen LogP contribution in [0.3, 0.4) is 0 Å². The maximum Gasteiger partial charge on any atom is 0.276 e. The Kier molecular flexibility index (Phi) is 4.49. The average Bonchev–Trinajstić information content (AvgIpc) is 2.94. The summed E-state index contributed by atoms with van der Waals surface area (Å²) in [5, 5.41) is 6.84. The highest BCUT2D eigenvalue weighted by Crippen LogP contribution is 2.17. The van der Waals surface area contributed by atoms with E-state index in [2.05, 4.69) is 25.8 Å². The summed E-state index contributed by atoms with van der Waals surface area (Å²) in [7, 11) is 0. The Balaban J connectivity index is 2.26. The van der Waals surface area contributed by atoms with Crippen LogP contribution >= 0.6 is 0 Å². The molecule has 0 atom stereocenters. The van der Waals surface area contributed by atoms with Gasteiger partial charge in [-0.2, -0.15) is 5.10 Å². The third-order valence-corrected chi connectivity index (χ3v) is 2.91. The zero-order chi connectivity index (χ0) is 15.4. The summed E-state index contributed by atoms with van der Waals surface area (Å²) in [4.78, 5) is 20.8. The Hall–Kier alpha value is -2.48. The van der Waals surface area contributed by atoms with Crippen LogP contribution in [-0.2, 0) is 6.54 Å². The molecule has 2 aromatic rings. The van der Waals surface area contributed by atoms with Gasteiger partial charge in [0.25, 0.3) is 5.91 Å². The van der Waals surface area contributed by atoms with Gasteiger partial charge in [-0.25, -0.2) is 9.97 Å². The van der Waals surface area contributed by atoms with Crippen molar-refractivity contribution < 1.29 is 4.79 Å². The largest absolute Gasteiger partial charge is 0.321 e. The van der Waals surface area contributed by atoms with Crippen molar-refractivity contribution in [3.63, 3.8) is 0 Å². The van der Waals surface area contributed by atoms with Crippen molar-refractivity contribution in [3.8, 4) is 0 Å². The van der Waals surface area contributed by atoms with E-state index in [4.69, 9.17) is 5.84 Å². The second-order valence-electron chi connectivity index (χ2n) is 4.83. The highest BCUT2D eigenvalue weighted by Gasteiger charge is 2.17. The highest BCUT2D eigenvalue weighted by atomic mass is 16.1. The minimum Gasteiger partial charge on any atom is -0.321 e. The molecule has 21 heavy (non-hydrogen) atoms. The van der Waals surface area contributed by atoms with Crippen LogP contribution in [-0.4, -0.2) is 25.7 Å². The lowest BCUT2D eigenvalue weighted by atomic mass is 10.2. The molecule has 0 radical (unpaired) electrons. The van der Waals surface area contributed by atoms with E-state index < -0.39 is 0 Å². The second-order valence-corrected chi connectivity index (χ2v) is 4.83. The predicted octanol–water partition coefficient (Wildman–Crippen LogP) is 1.35. The smallest absolute Gasteiger partial charge is 0.276 e. The van der Waals surface area contributed by atoms with Crippen molar-refractivity contribution in [2.75, 3.05) is 10.7 Å². The molecule has 0 aliphatic heterocycles. The van der Waals surface area contributed by atoms with Gasteiger partial charge < -0.3 is 10.7 Å². The molecule has 0 saturated carbocycles. The summed E-state index contributed by atoms with van der Waals surface area (Å²) in [6.45, 7) is 6.61. The van der Waals surface area contributed by atoms with E-state index in [1.165, 1.54) is 6.20 Å². The topological polar surface area (TPSA) is 111 Å². The number of amides is 1. The van der Waals surface area contributed by atoms with Crippen molar-refractivity contribution in [1.29, 1.82) is 0 Å². The van der Waals surface area contributed by atoms with Crippen LogP contribution in [0.15, 0.2) is 18.6 Å². The first-order valence-corrected chi connectivity index (χ1v) is 6.72. The molecule has 0 aliphatic rings. The number of nitrogen functional groups attached to an aromatic ring is 1. The number of carbonyl (C=O) groups is 1. The van der Waals surface area contributed by atoms with Crippen LogP contribution < -0.4 is 16.6 Å². The Labute approximate surface area is 122 Å². The number of anilines is 2. The molecule has 0 unspecified atom stereocenters. The molecule has 0 aliphatic carbocycles. The van der Waals surface area contributed by atoms with Gasteiger partial charge in [-0.05, 0) is 6.92 Å². The van der Waals surface area contributed by atoms with E-state index in [0.717, 1.165) is 6.54 Å². The fourth-order valence-electron chi connectivity index (χ4n) is 1.74. The summed E-state index contributed by atoms with van der Waals surface area (Å²) >= 11 is 0. The van der Waals surface area contributed by atoms with Gasteiger partial charge in [0.2, 0.25) is 0 Å². The first-order valence-electron chi connectivity index (χ1n) is 6.72. The summed E-state index contributed by atoms with van der Waals surface area (Å²) < 4.78 is 1.72. The van der Waals surface area contributed by atoms with E-state index in [9.17, 15) is 4.79 Å². The molecule has 8 nitrogen and oxygen atoms in total. The SMILES string of the molecule is CCn1cc(NC(=O)c2nc(C(C)C)ncc2NN)cn1. The molecule has 112 valence electrons. The maximum absolute atomic E-state index is 12.3. The number of aryl methyl sites for hydroxylation is 1. The van der Waals surface area contributed by atoms with Gasteiger partial charge >= 0.3 is 0 Å². The quantitative estimate of drug-likeness (QED) is 0.566. The predicted molar refractivity (Wildman–Crippen MR) is 79.8 cm³/mol. The molecule has 0 fully saturated rings. The second kappa shape index (κ2) is 6.31. The van der Waals surface area contributed by atoms with Gasteiger partial charge in [-0.3, -0.25) is 15.3 Å². The lowest BCUT2D eigenvalue weighted by Crippen LogP contribution is -2.20. The van der Waals surface area contributed by atoms with Crippen LogP contribution in [0.2, 0.25) is 0 Å². The molecular formula is C13H19N7O. The number of rotatable bonds is 5. The van der Waals surface area contributed by atoms with Crippen molar-refractivity contribution in [2.45, 2.75) is 33.2 Å². The van der Waals surface area contributed by atoms with Gasteiger partial charge in [0.15, 0.2) is 5.69 Å². The number of nitrogens with two attached hydrogens (primary N) is 1. The summed E-state index contributed by atoms with van der Waals surface area (Å²) in [5.74, 6) is 5.75. The first-order chi connectivity index (χ1) is 10.0. The fraction of sp³-hybridized carbons (Fsp3) is 0.385. The minimum atomic E-state index is -0.358. The zero-order valence-corrected chi connectivity index (χ0v) is 12.3. The van der Waals surface area contributed by atoms with Crippen LogP contribution in [0.25, 0.3) is 0 Å². The van der Waals surface area contributed by atoms with Gasteiger partial charge in [0, 0.05) is 18.7 Å². The van der Waals surface area contributed by atoms with Crippen LogP contribution in [0.5, 0.6) is 0 Å². The number of carbonyl (C=O) groups excluding carboxylic acids is 1. The number of nitrogens with zero attached hydrogens (tertiary/aromatic N) is 4. The molecule has 2 heterocycles. The van der Waals surface area contributed by atoms with Crippen molar-refractivity contribution >= 4 is 17.3 Å². The minimum absolute atomic E-state index is 0.117. The Morgan fingerprint density at radius 2 is 2.19 bits per heavy atom. The van der Waals surface area contributed by atoms with Crippen molar-refractivity contribution in [1.82, 2.24) is 19.7 Å². The number of hydrogen-bond acceptors (Lipinski definition) is 6. The number of hydrazine groups is 1. The fourth-order valence-corrected chi connectivity index (χ4v) is 1.74. The number of nitrogens with one attached hydrogen (secondary N) is 2. The van der Waals surface area contributed by atoms with E-state index in [-0.39, 0.29) is 17.5 Å². The Morgan fingerprint density at radius 1 is 1.43 bits per heavy atom. The number of aromatic nitrogens is 4. The molecule has 0 aromatic carbocycles. The van der Waals surface area contributed by atoms with Gasteiger partial charge in [-0.15, -0.1) is 0 Å². The summed E-state index contributed by atoms with van der Waals surface area (Å²) in [5.41, 5.74) is 3.63. The molecule has 0 saturated heterocycles. The normalized spacial score (nSPS) is 10.7. The summed E-state index contributed by atoms with van der Waals surface area (Å²) in [6, 6.07) is 0. The third kappa shape index (κ3) is 3.34. The van der Waals surface area contributed by atoms with Crippen molar-refractivity contribution in [2.24, 2.45) is 5.84 Å². The van der Waals surface area contributed by atoms with Crippen LogP contribution in [0.1, 0.15) is 43.0 Å². The van der Waals surface area contributed by atoms with Gasteiger partial charge in [0.1, 0.15) is 5.82 Å². The number of hydrogen-bond donors (Lipinski definition) is 3. The lowest BCUT2D eigenvalue weighted by molar-refractivity contribution is 0.102. The van der Waals surface area contributed by atoms with E-state index >= 15 is 0 Å². The molecule has 2 rings (SSSR count). The Morgan fingerprint density at radius 3 is 2.76 bits per heavy atom. The van der Waals surface area contributed by atoms with E-state index in [1.54, 1.807) is 17.1 Å². The van der Waals surface area contributed by atoms with Crippen LogP contribution in [0, 0.1) is 0 Å². The first kappa shape index (κ1) is 14.9. The standard InChI is InChI=1S/C13H19N7O/c1-4-20-7-9(5-16-20)17-13(21)11-10(19-14)6-15-12(18-11)8(2)3/h5-8,19H,4,14H2,1-3H3,(H,17,21). The monoisotopic (exact) mass is 289 g/mol.